The molecule has 3 rings (SSSR count). The van der Waals surface area contributed by atoms with E-state index in [9.17, 15) is 24.0 Å². The number of amides is 4. The Bertz CT molecular complexity index is 676. The van der Waals surface area contributed by atoms with Gasteiger partial charge in [-0.25, -0.2) is 4.79 Å². The maximum Gasteiger partial charge on any atom is 0.405 e. The molecule has 0 aromatic rings. The van der Waals surface area contributed by atoms with Crippen molar-refractivity contribution in [2.75, 3.05) is 6.54 Å². The fourth-order valence-electron chi connectivity index (χ4n) is 3.75. The van der Waals surface area contributed by atoms with Crippen LogP contribution in [0.2, 0.25) is 0 Å². The van der Waals surface area contributed by atoms with Crippen LogP contribution < -0.4 is 21.3 Å². The Balaban J connectivity index is 1.59. The van der Waals surface area contributed by atoms with Crippen molar-refractivity contribution in [3.63, 3.8) is 0 Å². The second-order valence-electron chi connectivity index (χ2n) is 8.27. The molecule has 2 aliphatic carbocycles. The van der Waals surface area contributed by atoms with Crippen molar-refractivity contribution < 1.29 is 29.1 Å². The van der Waals surface area contributed by atoms with Gasteiger partial charge in [0.25, 0.3) is 0 Å². The van der Waals surface area contributed by atoms with Gasteiger partial charge in [-0.05, 0) is 43.9 Å². The number of carbonyl (C=O) groups is 5. The van der Waals surface area contributed by atoms with E-state index in [1.54, 1.807) is 0 Å². The highest BCUT2D eigenvalue weighted by atomic mass is 16.4. The second-order valence-corrected chi connectivity index (χ2v) is 8.27. The van der Waals surface area contributed by atoms with Gasteiger partial charge >= 0.3 is 6.09 Å². The summed E-state index contributed by atoms with van der Waals surface area (Å²) in [7, 11) is 0. The summed E-state index contributed by atoms with van der Waals surface area (Å²) in [6.07, 6.45) is 4.06. The Morgan fingerprint density at radius 3 is 2.28 bits per heavy atom. The van der Waals surface area contributed by atoms with Crippen LogP contribution in [0.5, 0.6) is 0 Å². The normalized spacial score (nSPS) is 24.0. The summed E-state index contributed by atoms with van der Waals surface area (Å²) in [5.74, 6) is -1.17. The summed E-state index contributed by atoms with van der Waals surface area (Å²) >= 11 is 0. The lowest BCUT2D eigenvalue weighted by Gasteiger charge is -2.24. The first-order valence-electron chi connectivity index (χ1n) is 10.2. The van der Waals surface area contributed by atoms with Crippen LogP contribution in [0.25, 0.3) is 0 Å². The molecule has 0 unspecified atom stereocenters. The van der Waals surface area contributed by atoms with E-state index in [2.05, 4.69) is 21.3 Å². The van der Waals surface area contributed by atoms with Crippen molar-refractivity contribution >= 4 is 30.1 Å². The van der Waals surface area contributed by atoms with Crippen molar-refractivity contribution in [1.82, 2.24) is 21.3 Å². The van der Waals surface area contributed by atoms with Crippen LogP contribution in [0.4, 0.5) is 4.79 Å². The van der Waals surface area contributed by atoms with Crippen molar-refractivity contribution in [2.24, 2.45) is 17.8 Å². The van der Waals surface area contributed by atoms with Crippen LogP contribution in [-0.2, 0) is 19.2 Å². The van der Waals surface area contributed by atoms with Crippen LogP contribution in [0.1, 0.15) is 44.9 Å². The number of carboxylic acid groups (broad SMARTS) is 1. The fraction of sp³-hybridized carbons (Fsp3) is 0.737. The zero-order valence-corrected chi connectivity index (χ0v) is 16.2. The lowest BCUT2D eigenvalue weighted by atomic mass is 9.98. The van der Waals surface area contributed by atoms with E-state index in [0.717, 1.165) is 25.7 Å². The zero-order chi connectivity index (χ0) is 21.0. The van der Waals surface area contributed by atoms with E-state index in [1.165, 1.54) is 0 Å². The lowest BCUT2D eigenvalue weighted by Crippen LogP contribution is -2.55. The topological polar surface area (TPSA) is 154 Å². The minimum Gasteiger partial charge on any atom is -0.465 e. The number of nitrogens with one attached hydrogen (secondary N) is 4. The molecule has 5 N–H and O–H groups in total. The van der Waals surface area contributed by atoms with Crippen LogP contribution >= 0.6 is 0 Å². The largest absolute Gasteiger partial charge is 0.465 e. The number of rotatable bonds is 11. The maximum atomic E-state index is 12.8. The maximum absolute atomic E-state index is 12.8. The first kappa shape index (κ1) is 21.1. The Hall–Kier alpha value is -2.65. The summed E-state index contributed by atoms with van der Waals surface area (Å²) in [5, 5.41) is 19.2. The van der Waals surface area contributed by atoms with Gasteiger partial charge in [0.2, 0.25) is 17.7 Å². The molecule has 10 heteroatoms. The summed E-state index contributed by atoms with van der Waals surface area (Å²) < 4.78 is 0. The predicted octanol–water partition coefficient (Wildman–Crippen LogP) is -0.473. The zero-order valence-electron chi connectivity index (χ0n) is 16.2. The van der Waals surface area contributed by atoms with E-state index >= 15 is 0 Å². The first-order valence-corrected chi connectivity index (χ1v) is 10.2. The highest BCUT2D eigenvalue weighted by Gasteiger charge is 2.40. The minimum atomic E-state index is -1.28. The molecule has 0 bridgehead atoms. The molecule has 2 saturated carbocycles. The second kappa shape index (κ2) is 9.23. The van der Waals surface area contributed by atoms with Crippen LogP contribution in [0.3, 0.4) is 0 Å². The molecular formula is C19H28N4O6. The Kier molecular flexibility index (Phi) is 6.71. The highest BCUT2D eigenvalue weighted by molar-refractivity contribution is 5.92. The van der Waals surface area contributed by atoms with Gasteiger partial charge in [0.15, 0.2) is 0 Å². The quantitative estimate of drug-likeness (QED) is 0.291. The number of hydrogen-bond acceptors (Lipinski definition) is 5. The van der Waals surface area contributed by atoms with Crippen molar-refractivity contribution in [1.29, 1.82) is 0 Å². The van der Waals surface area contributed by atoms with Crippen molar-refractivity contribution in [3.8, 4) is 0 Å². The average Bonchev–Trinajstić information content (AvgIpc) is 3.59. The number of carbonyl (C=O) groups excluding carboxylic acids is 4. The molecule has 1 saturated heterocycles. The lowest BCUT2D eigenvalue weighted by molar-refractivity contribution is -0.131. The van der Waals surface area contributed by atoms with Gasteiger partial charge in [0.05, 0.1) is 6.04 Å². The van der Waals surface area contributed by atoms with Crippen LogP contribution in [0.15, 0.2) is 0 Å². The van der Waals surface area contributed by atoms with Gasteiger partial charge < -0.3 is 31.2 Å². The van der Waals surface area contributed by atoms with Crippen molar-refractivity contribution in [2.45, 2.75) is 63.1 Å². The molecule has 29 heavy (non-hydrogen) atoms. The SMILES string of the molecule is O=C[C@H](C[C@@H]1CCNC1=O)NC(=O)[C@H](CC1CC1)NC(=O)[C@@H](NC(=O)O)C1CC1. The number of hydrogen-bond donors (Lipinski definition) is 5. The van der Waals surface area contributed by atoms with Gasteiger partial charge in [-0.2, -0.15) is 0 Å². The molecule has 0 spiro atoms. The van der Waals surface area contributed by atoms with Gasteiger partial charge in [-0.1, -0.05) is 12.8 Å². The fourth-order valence-corrected chi connectivity index (χ4v) is 3.75. The highest BCUT2D eigenvalue weighted by Crippen LogP contribution is 2.35. The molecule has 10 nitrogen and oxygen atoms in total. The molecule has 1 aliphatic heterocycles. The van der Waals surface area contributed by atoms with E-state index in [1.807, 2.05) is 0 Å². The van der Waals surface area contributed by atoms with Crippen LogP contribution in [0, 0.1) is 17.8 Å². The third-order valence-electron chi connectivity index (χ3n) is 5.75. The Labute approximate surface area is 168 Å². The average molecular weight is 408 g/mol. The van der Waals surface area contributed by atoms with Gasteiger partial charge in [-0.3, -0.25) is 14.4 Å². The molecule has 3 fully saturated rings. The molecule has 1 heterocycles. The summed E-state index contributed by atoms with van der Waals surface area (Å²) in [6, 6.07) is -2.54. The molecular weight excluding hydrogens is 380 g/mol. The third kappa shape index (κ3) is 6.16. The molecule has 3 aliphatic rings. The minimum absolute atomic E-state index is 0.0562. The third-order valence-corrected chi connectivity index (χ3v) is 5.75. The van der Waals surface area contributed by atoms with Gasteiger partial charge in [0, 0.05) is 12.5 Å². The summed E-state index contributed by atoms with van der Waals surface area (Å²) in [6.45, 7) is 0.558. The molecule has 0 radical (unpaired) electrons. The molecule has 4 atom stereocenters. The van der Waals surface area contributed by atoms with E-state index in [4.69, 9.17) is 5.11 Å². The standard InChI is InChI=1S/C19H28N4O6/c24-9-13(8-12-5-6-20-16(12)25)21-17(26)14(7-10-1-2-10)22-18(27)15(11-3-4-11)23-19(28)29/h9-15,23H,1-8H2,(H,20,25)(H,21,26)(H,22,27)(H,28,29)/t12-,13-,14-,15-/m0/s1. The van der Waals surface area contributed by atoms with E-state index in [0.29, 0.717) is 31.6 Å². The van der Waals surface area contributed by atoms with Crippen LogP contribution in [-0.4, -0.2) is 59.9 Å². The predicted molar refractivity (Wildman–Crippen MR) is 101 cm³/mol. The molecule has 0 aromatic carbocycles. The van der Waals surface area contributed by atoms with E-state index in [-0.39, 0.29) is 24.2 Å². The van der Waals surface area contributed by atoms with Gasteiger partial charge in [0.1, 0.15) is 18.4 Å². The molecule has 160 valence electrons. The van der Waals surface area contributed by atoms with Gasteiger partial charge in [-0.15, -0.1) is 0 Å². The summed E-state index contributed by atoms with van der Waals surface area (Å²) in [4.78, 5) is 59.5. The molecule has 4 amide bonds. The van der Waals surface area contributed by atoms with E-state index < -0.39 is 36.0 Å². The smallest absolute Gasteiger partial charge is 0.405 e. The monoisotopic (exact) mass is 408 g/mol. The first-order chi connectivity index (χ1) is 13.9. The Morgan fingerprint density at radius 1 is 1.03 bits per heavy atom. The Morgan fingerprint density at radius 2 is 1.76 bits per heavy atom. The summed E-state index contributed by atoms with van der Waals surface area (Å²) in [5.41, 5.74) is 0. The molecule has 0 aromatic heterocycles. The number of aldehydes is 1. The van der Waals surface area contributed by atoms with Crippen molar-refractivity contribution in [3.05, 3.63) is 0 Å².